The monoisotopic (exact) mass is 254 g/mol. The van der Waals surface area contributed by atoms with Crippen molar-refractivity contribution in [3.05, 3.63) is 0 Å². The number of carbonyl (C=O) groups is 3. The zero-order valence-electron chi connectivity index (χ0n) is 10.1. The van der Waals surface area contributed by atoms with E-state index < -0.39 is 11.9 Å². The Kier molecular flexibility index (Phi) is 3.81. The molecule has 3 amide bonds. The molecule has 0 aromatic carbocycles. The molecule has 0 aromatic heterocycles. The van der Waals surface area contributed by atoms with Gasteiger partial charge in [-0.3, -0.25) is 14.4 Å². The fourth-order valence-electron chi connectivity index (χ4n) is 2.40. The number of nitrogens with zero attached hydrogens (tertiary/aromatic N) is 1. The predicted molar refractivity (Wildman–Crippen MR) is 63.3 cm³/mol. The highest BCUT2D eigenvalue weighted by molar-refractivity contribution is 5.89. The minimum absolute atomic E-state index is 0.0224. The van der Waals surface area contributed by atoms with Crippen LogP contribution in [-0.2, 0) is 14.4 Å². The van der Waals surface area contributed by atoms with E-state index in [0.717, 1.165) is 0 Å². The van der Waals surface area contributed by atoms with Gasteiger partial charge in [0.1, 0.15) is 6.04 Å². The molecule has 2 fully saturated rings. The summed E-state index contributed by atoms with van der Waals surface area (Å²) < 4.78 is 0. The molecule has 100 valence electrons. The third-order valence-electron chi connectivity index (χ3n) is 3.47. The number of carbonyl (C=O) groups excluding carboxylic acids is 3. The van der Waals surface area contributed by atoms with Crippen molar-refractivity contribution in [2.75, 3.05) is 26.2 Å². The number of rotatable bonds is 2. The number of piperidine rings is 1. The minimum Gasteiger partial charge on any atom is -0.368 e. The molecule has 2 heterocycles. The second-order valence-electron chi connectivity index (χ2n) is 4.69. The zero-order valence-corrected chi connectivity index (χ0v) is 10.1. The highest BCUT2D eigenvalue weighted by Crippen LogP contribution is 2.16. The summed E-state index contributed by atoms with van der Waals surface area (Å²) >= 11 is 0. The highest BCUT2D eigenvalue weighted by Gasteiger charge is 2.35. The number of piperazine rings is 1. The van der Waals surface area contributed by atoms with Crippen molar-refractivity contribution in [2.24, 2.45) is 11.7 Å². The number of hydrogen-bond acceptors (Lipinski definition) is 4. The molecule has 2 unspecified atom stereocenters. The molecule has 0 radical (unpaired) electrons. The Bertz CT molecular complexity index is 361. The summed E-state index contributed by atoms with van der Waals surface area (Å²) in [5.41, 5.74) is 5.30. The standard InChI is InChI=1S/C11H18N4O3/c12-10(17)8-6-13-3-4-15(8)11(18)7-1-2-9(16)14-5-7/h7-8,13H,1-6H2,(H2,12,17)(H,14,16). The van der Waals surface area contributed by atoms with Crippen LogP contribution in [0.2, 0.25) is 0 Å². The van der Waals surface area contributed by atoms with Crippen molar-refractivity contribution in [1.82, 2.24) is 15.5 Å². The lowest BCUT2D eigenvalue weighted by Crippen LogP contribution is -2.60. The molecule has 18 heavy (non-hydrogen) atoms. The molecule has 2 atom stereocenters. The molecule has 2 saturated heterocycles. The largest absolute Gasteiger partial charge is 0.368 e. The first-order valence-electron chi connectivity index (χ1n) is 6.17. The van der Waals surface area contributed by atoms with E-state index in [2.05, 4.69) is 10.6 Å². The van der Waals surface area contributed by atoms with Gasteiger partial charge in [0.25, 0.3) is 0 Å². The smallest absolute Gasteiger partial charge is 0.241 e. The van der Waals surface area contributed by atoms with Crippen molar-refractivity contribution in [2.45, 2.75) is 18.9 Å². The number of nitrogens with two attached hydrogens (primary N) is 1. The SMILES string of the molecule is NC(=O)C1CNCCN1C(=O)C1CCC(=O)NC1. The fourth-order valence-corrected chi connectivity index (χ4v) is 2.40. The van der Waals surface area contributed by atoms with Crippen molar-refractivity contribution >= 4 is 17.7 Å². The lowest BCUT2D eigenvalue weighted by molar-refractivity contribution is -0.145. The Morgan fingerprint density at radius 1 is 1.33 bits per heavy atom. The number of amides is 3. The highest BCUT2D eigenvalue weighted by atomic mass is 16.2. The van der Waals surface area contributed by atoms with Crippen LogP contribution in [0, 0.1) is 5.92 Å². The summed E-state index contributed by atoms with van der Waals surface area (Å²) in [7, 11) is 0. The van der Waals surface area contributed by atoms with E-state index in [1.165, 1.54) is 0 Å². The molecule has 0 saturated carbocycles. The minimum atomic E-state index is -0.580. The molecule has 0 bridgehead atoms. The average Bonchev–Trinajstić information content (AvgIpc) is 2.39. The second kappa shape index (κ2) is 5.34. The molecular formula is C11H18N4O3. The maximum atomic E-state index is 12.3. The van der Waals surface area contributed by atoms with E-state index in [0.29, 0.717) is 39.0 Å². The van der Waals surface area contributed by atoms with E-state index in [1.807, 2.05) is 0 Å². The van der Waals surface area contributed by atoms with Crippen molar-refractivity contribution in [3.63, 3.8) is 0 Å². The molecule has 7 heteroatoms. The van der Waals surface area contributed by atoms with Gasteiger partial charge in [0.05, 0.1) is 5.92 Å². The molecule has 0 aliphatic carbocycles. The molecular weight excluding hydrogens is 236 g/mol. The van der Waals surface area contributed by atoms with E-state index >= 15 is 0 Å². The van der Waals surface area contributed by atoms with Crippen LogP contribution >= 0.6 is 0 Å². The van der Waals surface area contributed by atoms with Gasteiger partial charge in [-0.25, -0.2) is 0 Å². The topological polar surface area (TPSA) is 105 Å². The van der Waals surface area contributed by atoms with Crippen molar-refractivity contribution in [1.29, 1.82) is 0 Å². The van der Waals surface area contributed by atoms with E-state index in [1.54, 1.807) is 4.90 Å². The van der Waals surface area contributed by atoms with Crippen LogP contribution in [-0.4, -0.2) is 54.8 Å². The summed E-state index contributed by atoms with van der Waals surface area (Å²) in [6.45, 7) is 1.90. The van der Waals surface area contributed by atoms with Gasteiger partial charge in [-0.15, -0.1) is 0 Å². The Morgan fingerprint density at radius 2 is 2.11 bits per heavy atom. The van der Waals surface area contributed by atoms with Crippen LogP contribution in [0.4, 0.5) is 0 Å². The van der Waals surface area contributed by atoms with Crippen LogP contribution in [0.1, 0.15) is 12.8 Å². The van der Waals surface area contributed by atoms with Crippen LogP contribution in [0.15, 0.2) is 0 Å². The number of nitrogens with one attached hydrogen (secondary N) is 2. The Morgan fingerprint density at radius 3 is 2.72 bits per heavy atom. The zero-order chi connectivity index (χ0) is 13.1. The van der Waals surface area contributed by atoms with Gasteiger partial charge in [-0.2, -0.15) is 0 Å². The summed E-state index contributed by atoms with van der Waals surface area (Å²) in [4.78, 5) is 36.2. The molecule has 2 aliphatic rings. The Balaban J connectivity index is 2.02. The summed E-state index contributed by atoms with van der Waals surface area (Å²) in [6, 6.07) is -0.580. The lowest BCUT2D eigenvalue weighted by Gasteiger charge is -2.37. The van der Waals surface area contributed by atoms with Crippen LogP contribution in [0.5, 0.6) is 0 Å². The summed E-state index contributed by atoms with van der Waals surface area (Å²) in [6.07, 6.45) is 0.907. The van der Waals surface area contributed by atoms with Gasteiger partial charge < -0.3 is 21.3 Å². The third-order valence-corrected chi connectivity index (χ3v) is 3.47. The molecule has 4 N–H and O–H groups in total. The molecule has 2 rings (SSSR count). The first kappa shape index (κ1) is 12.8. The molecule has 0 spiro atoms. The van der Waals surface area contributed by atoms with Gasteiger partial charge in [0.15, 0.2) is 0 Å². The van der Waals surface area contributed by atoms with Gasteiger partial charge >= 0.3 is 0 Å². The normalized spacial score (nSPS) is 28.7. The van der Waals surface area contributed by atoms with Crippen LogP contribution in [0.3, 0.4) is 0 Å². The van der Waals surface area contributed by atoms with Gasteiger partial charge in [-0.05, 0) is 6.42 Å². The maximum Gasteiger partial charge on any atom is 0.241 e. The molecule has 2 aliphatic heterocycles. The van der Waals surface area contributed by atoms with E-state index in [4.69, 9.17) is 5.73 Å². The van der Waals surface area contributed by atoms with E-state index in [-0.39, 0.29) is 17.7 Å². The fraction of sp³-hybridized carbons (Fsp3) is 0.727. The van der Waals surface area contributed by atoms with Crippen LogP contribution < -0.4 is 16.4 Å². The number of primary amides is 1. The quantitative estimate of drug-likeness (QED) is 0.520. The summed E-state index contributed by atoms with van der Waals surface area (Å²) in [5, 5.41) is 5.72. The molecule has 0 aromatic rings. The predicted octanol–water partition coefficient (Wildman–Crippen LogP) is -2.20. The van der Waals surface area contributed by atoms with Crippen molar-refractivity contribution in [3.8, 4) is 0 Å². The lowest BCUT2D eigenvalue weighted by atomic mass is 9.96. The Labute approximate surface area is 105 Å². The Hall–Kier alpha value is -1.63. The van der Waals surface area contributed by atoms with Crippen molar-refractivity contribution < 1.29 is 14.4 Å². The second-order valence-corrected chi connectivity index (χ2v) is 4.69. The van der Waals surface area contributed by atoms with Gasteiger partial charge in [0.2, 0.25) is 17.7 Å². The first-order valence-corrected chi connectivity index (χ1v) is 6.17. The third kappa shape index (κ3) is 2.61. The number of hydrogen-bond donors (Lipinski definition) is 3. The van der Waals surface area contributed by atoms with Gasteiger partial charge in [-0.1, -0.05) is 0 Å². The average molecular weight is 254 g/mol. The molecule has 7 nitrogen and oxygen atoms in total. The van der Waals surface area contributed by atoms with E-state index in [9.17, 15) is 14.4 Å². The van der Waals surface area contributed by atoms with Crippen LogP contribution in [0.25, 0.3) is 0 Å². The maximum absolute atomic E-state index is 12.3. The van der Waals surface area contributed by atoms with Gasteiger partial charge in [0, 0.05) is 32.6 Å². The summed E-state index contributed by atoms with van der Waals surface area (Å²) in [5.74, 6) is -0.829. The first-order chi connectivity index (χ1) is 8.59.